The zero-order valence-corrected chi connectivity index (χ0v) is 11.7. The average Bonchev–Trinajstić information content (AvgIpc) is 3.16. The number of nitrogens with one attached hydrogen (secondary N) is 1. The van der Waals surface area contributed by atoms with Crippen LogP contribution >= 0.6 is 0 Å². The summed E-state index contributed by atoms with van der Waals surface area (Å²) in [4.78, 5) is 11.1. The fraction of sp³-hybridized carbons (Fsp3) is 0.400. The Labute approximate surface area is 122 Å². The summed E-state index contributed by atoms with van der Waals surface area (Å²) in [6, 6.07) is 7.27. The molecule has 1 aliphatic carbocycles. The minimum Gasteiger partial charge on any atom is -0.480 e. The summed E-state index contributed by atoms with van der Waals surface area (Å²) < 4.78 is 5.58. The van der Waals surface area contributed by atoms with E-state index in [2.05, 4.69) is 15.5 Å². The predicted octanol–water partition coefficient (Wildman–Crippen LogP) is 2.00. The van der Waals surface area contributed by atoms with Gasteiger partial charge in [-0.3, -0.25) is 10.1 Å². The molecule has 0 aliphatic heterocycles. The number of aliphatic carboxylic acids is 1. The summed E-state index contributed by atoms with van der Waals surface area (Å²) in [5, 5.41) is 20.1. The monoisotopic (exact) mass is 287 g/mol. The summed E-state index contributed by atoms with van der Waals surface area (Å²) in [5.74, 6) is 0.254. The van der Waals surface area contributed by atoms with Gasteiger partial charge < -0.3 is 9.52 Å². The Morgan fingerprint density at radius 2 is 2.29 bits per heavy atom. The van der Waals surface area contributed by atoms with Gasteiger partial charge in [0, 0.05) is 5.56 Å². The van der Waals surface area contributed by atoms with Crippen molar-refractivity contribution < 1.29 is 14.3 Å². The molecule has 1 unspecified atom stereocenters. The molecule has 110 valence electrons. The maximum atomic E-state index is 11.1. The molecule has 1 aromatic heterocycles. The Kier molecular flexibility index (Phi) is 3.70. The molecule has 0 amide bonds. The van der Waals surface area contributed by atoms with E-state index in [-0.39, 0.29) is 12.5 Å². The van der Waals surface area contributed by atoms with Gasteiger partial charge in [-0.2, -0.15) is 0 Å². The quantitative estimate of drug-likeness (QED) is 0.844. The van der Waals surface area contributed by atoms with E-state index in [1.807, 2.05) is 31.2 Å². The molecule has 1 atom stereocenters. The predicted molar refractivity (Wildman–Crippen MR) is 75.5 cm³/mol. The molecule has 0 bridgehead atoms. The minimum absolute atomic E-state index is 0.224. The summed E-state index contributed by atoms with van der Waals surface area (Å²) in [5.41, 5.74) is 1.98. The first-order valence-electron chi connectivity index (χ1n) is 6.99. The van der Waals surface area contributed by atoms with Crippen molar-refractivity contribution in [2.24, 2.45) is 5.92 Å². The van der Waals surface area contributed by atoms with Crippen LogP contribution in [0.4, 0.5) is 0 Å². The Hall–Kier alpha value is -2.21. The second-order valence-electron chi connectivity index (χ2n) is 5.40. The number of carboxylic acid groups (broad SMARTS) is 1. The number of benzene rings is 1. The zero-order valence-electron chi connectivity index (χ0n) is 11.7. The van der Waals surface area contributed by atoms with Crippen molar-refractivity contribution in [1.29, 1.82) is 0 Å². The third kappa shape index (κ3) is 3.28. The molecule has 1 fully saturated rings. The van der Waals surface area contributed by atoms with Crippen LogP contribution in [0.5, 0.6) is 0 Å². The second-order valence-corrected chi connectivity index (χ2v) is 5.40. The third-order valence-corrected chi connectivity index (χ3v) is 3.56. The molecule has 2 N–H and O–H groups in total. The lowest BCUT2D eigenvalue weighted by molar-refractivity contribution is -0.140. The lowest BCUT2D eigenvalue weighted by Gasteiger charge is -2.11. The van der Waals surface area contributed by atoms with Crippen molar-refractivity contribution >= 4 is 5.97 Å². The van der Waals surface area contributed by atoms with E-state index in [9.17, 15) is 4.79 Å². The SMILES string of the molecule is Cc1cccc(-c2nnc(CNC(C(=O)O)C3CC3)o2)c1. The summed E-state index contributed by atoms with van der Waals surface area (Å²) in [6.45, 7) is 2.27. The van der Waals surface area contributed by atoms with E-state index in [1.165, 1.54) is 0 Å². The van der Waals surface area contributed by atoms with E-state index in [1.54, 1.807) is 0 Å². The molecule has 1 saturated carbocycles. The van der Waals surface area contributed by atoms with Crippen LogP contribution in [0.3, 0.4) is 0 Å². The lowest BCUT2D eigenvalue weighted by Crippen LogP contribution is -2.38. The van der Waals surface area contributed by atoms with Crippen LogP contribution in [0.1, 0.15) is 24.3 Å². The van der Waals surface area contributed by atoms with E-state index >= 15 is 0 Å². The van der Waals surface area contributed by atoms with Crippen LogP contribution in [0.15, 0.2) is 28.7 Å². The third-order valence-electron chi connectivity index (χ3n) is 3.56. The highest BCUT2D eigenvalue weighted by atomic mass is 16.4. The molecular formula is C15H17N3O3. The van der Waals surface area contributed by atoms with Gasteiger partial charge in [-0.05, 0) is 37.8 Å². The van der Waals surface area contributed by atoms with Crippen LogP contribution in [0.2, 0.25) is 0 Å². The molecule has 6 heteroatoms. The first kappa shape index (κ1) is 13.8. The lowest BCUT2D eigenvalue weighted by atomic mass is 10.1. The topological polar surface area (TPSA) is 88.2 Å². The minimum atomic E-state index is -0.823. The Bertz CT molecular complexity index is 649. The van der Waals surface area contributed by atoms with Gasteiger partial charge in [0.2, 0.25) is 11.8 Å². The standard InChI is InChI=1S/C15H17N3O3/c1-9-3-2-4-11(7-9)14-18-17-12(21-14)8-16-13(15(19)20)10-5-6-10/h2-4,7,10,13,16H,5-6,8H2,1H3,(H,19,20). The molecule has 2 aromatic rings. The van der Waals surface area contributed by atoms with Gasteiger partial charge >= 0.3 is 5.97 Å². The van der Waals surface area contributed by atoms with Crippen molar-refractivity contribution in [3.05, 3.63) is 35.7 Å². The van der Waals surface area contributed by atoms with Gasteiger partial charge in [-0.15, -0.1) is 10.2 Å². The molecule has 6 nitrogen and oxygen atoms in total. The zero-order chi connectivity index (χ0) is 14.8. The van der Waals surface area contributed by atoms with Crippen molar-refractivity contribution in [3.63, 3.8) is 0 Å². The van der Waals surface area contributed by atoms with Crippen LogP contribution in [-0.2, 0) is 11.3 Å². The number of aryl methyl sites for hydroxylation is 1. The maximum Gasteiger partial charge on any atom is 0.320 e. The molecule has 1 aromatic carbocycles. The fourth-order valence-corrected chi connectivity index (χ4v) is 2.30. The largest absolute Gasteiger partial charge is 0.480 e. The number of carbonyl (C=O) groups is 1. The molecular weight excluding hydrogens is 270 g/mol. The molecule has 3 rings (SSSR count). The Morgan fingerprint density at radius 1 is 1.48 bits per heavy atom. The smallest absolute Gasteiger partial charge is 0.320 e. The van der Waals surface area contributed by atoms with Crippen molar-refractivity contribution in [3.8, 4) is 11.5 Å². The number of hydrogen-bond acceptors (Lipinski definition) is 5. The first-order valence-corrected chi connectivity index (χ1v) is 6.99. The van der Waals surface area contributed by atoms with Gasteiger partial charge in [0.25, 0.3) is 0 Å². The van der Waals surface area contributed by atoms with Gasteiger partial charge in [-0.1, -0.05) is 17.7 Å². The normalized spacial score (nSPS) is 15.9. The average molecular weight is 287 g/mol. The Morgan fingerprint density at radius 3 is 2.95 bits per heavy atom. The number of rotatable bonds is 6. The molecule has 1 heterocycles. The van der Waals surface area contributed by atoms with Crippen LogP contribution in [-0.4, -0.2) is 27.3 Å². The van der Waals surface area contributed by atoms with E-state index in [0.29, 0.717) is 11.8 Å². The summed E-state index contributed by atoms with van der Waals surface area (Å²) in [6.07, 6.45) is 1.92. The number of hydrogen-bond donors (Lipinski definition) is 2. The van der Waals surface area contributed by atoms with Gasteiger partial charge in [0.15, 0.2) is 0 Å². The van der Waals surface area contributed by atoms with Crippen molar-refractivity contribution in [2.75, 3.05) is 0 Å². The second kappa shape index (κ2) is 5.65. The van der Waals surface area contributed by atoms with Crippen LogP contribution in [0, 0.1) is 12.8 Å². The molecule has 21 heavy (non-hydrogen) atoms. The van der Waals surface area contributed by atoms with Gasteiger partial charge in [0.1, 0.15) is 6.04 Å². The maximum absolute atomic E-state index is 11.1. The molecule has 0 saturated heterocycles. The number of aromatic nitrogens is 2. The van der Waals surface area contributed by atoms with Gasteiger partial charge in [0.05, 0.1) is 6.54 Å². The molecule has 0 radical (unpaired) electrons. The van der Waals surface area contributed by atoms with Crippen molar-refractivity contribution in [1.82, 2.24) is 15.5 Å². The fourth-order valence-electron chi connectivity index (χ4n) is 2.30. The van der Waals surface area contributed by atoms with E-state index in [0.717, 1.165) is 24.0 Å². The van der Waals surface area contributed by atoms with Crippen molar-refractivity contribution in [2.45, 2.75) is 32.4 Å². The van der Waals surface area contributed by atoms with Crippen LogP contribution < -0.4 is 5.32 Å². The highest BCUT2D eigenvalue weighted by Gasteiger charge is 2.36. The molecule has 1 aliphatic rings. The summed E-state index contributed by atoms with van der Waals surface area (Å²) in [7, 11) is 0. The first-order chi connectivity index (χ1) is 10.1. The Balaban J connectivity index is 1.66. The van der Waals surface area contributed by atoms with Crippen LogP contribution in [0.25, 0.3) is 11.5 Å². The molecule has 0 spiro atoms. The summed E-state index contributed by atoms with van der Waals surface area (Å²) >= 11 is 0. The van der Waals surface area contributed by atoms with E-state index in [4.69, 9.17) is 9.52 Å². The highest BCUT2D eigenvalue weighted by Crippen LogP contribution is 2.32. The number of carboxylic acids is 1. The highest BCUT2D eigenvalue weighted by molar-refractivity contribution is 5.74. The van der Waals surface area contributed by atoms with E-state index < -0.39 is 12.0 Å². The number of nitrogens with zero attached hydrogens (tertiary/aromatic N) is 2. The van der Waals surface area contributed by atoms with Gasteiger partial charge in [-0.25, -0.2) is 0 Å².